The van der Waals surface area contributed by atoms with Crippen LogP contribution in [0.25, 0.3) is 0 Å². The van der Waals surface area contributed by atoms with E-state index >= 15 is 0 Å². The molecule has 6 heteroatoms. The van der Waals surface area contributed by atoms with Crippen LogP contribution >= 0.6 is 0 Å². The van der Waals surface area contributed by atoms with E-state index in [1.54, 1.807) is 4.90 Å². The average molecular weight is 268 g/mol. The minimum absolute atomic E-state index is 0.0643. The number of hydrogen-bond donors (Lipinski definition) is 1. The van der Waals surface area contributed by atoms with E-state index in [0.29, 0.717) is 31.8 Å². The lowest BCUT2D eigenvalue weighted by molar-refractivity contribution is -0.0167. The molecule has 1 atom stereocenters. The van der Waals surface area contributed by atoms with Crippen LogP contribution in [0.1, 0.15) is 10.4 Å². The molecule has 0 radical (unpaired) electrons. The minimum Gasteiger partial charge on any atom is -0.494 e. The summed E-state index contributed by atoms with van der Waals surface area (Å²) in [6.45, 7) is 1.80. The maximum atomic E-state index is 13.3. The van der Waals surface area contributed by atoms with E-state index in [2.05, 4.69) is 0 Å². The van der Waals surface area contributed by atoms with E-state index < -0.39 is 5.82 Å². The molecule has 1 unspecified atom stereocenters. The molecule has 1 aliphatic rings. The summed E-state index contributed by atoms with van der Waals surface area (Å²) in [6.07, 6.45) is -0.139. The molecule has 1 saturated heterocycles. The van der Waals surface area contributed by atoms with Crippen molar-refractivity contribution in [1.29, 1.82) is 0 Å². The largest absolute Gasteiger partial charge is 0.494 e. The van der Waals surface area contributed by atoms with Gasteiger partial charge in [0.15, 0.2) is 11.6 Å². The van der Waals surface area contributed by atoms with E-state index in [-0.39, 0.29) is 17.8 Å². The molecule has 1 heterocycles. The fourth-order valence-corrected chi connectivity index (χ4v) is 2.02. The van der Waals surface area contributed by atoms with Gasteiger partial charge in [-0.25, -0.2) is 4.39 Å². The van der Waals surface area contributed by atoms with Gasteiger partial charge in [0, 0.05) is 25.2 Å². The lowest BCUT2D eigenvalue weighted by Gasteiger charge is -2.32. The zero-order valence-electron chi connectivity index (χ0n) is 10.8. The van der Waals surface area contributed by atoms with Gasteiger partial charge in [-0.15, -0.1) is 0 Å². The first-order chi connectivity index (χ1) is 9.15. The van der Waals surface area contributed by atoms with Gasteiger partial charge in [-0.2, -0.15) is 0 Å². The van der Waals surface area contributed by atoms with Crippen LogP contribution in [0.15, 0.2) is 18.2 Å². The number of rotatable bonds is 3. The fraction of sp³-hybridized carbons (Fsp3) is 0.462. The molecule has 5 nitrogen and oxygen atoms in total. The average Bonchev–Trinajstić information content (AvgIpc) is 2.47. The quantitative estimate of drug-likeness (QED) is 0.873. The minimum atomic E-state index is -0.485. The standard InChI is InChI=1S/C13H17FN2O3/c1-18-12-6-9(2-3-11(12)14)13(17)16-4-5-19-10(7-15)8-16/h2-3,6,10H,4-5,7-8,15H2,1H3. The molecule has 0 bridgehead atoms. The highest BCUT2D eigenvalue weighted by Gasteiger charge is 2.24. The Labute approximate surface area is 111 Å². The Morgan fingerprint density at radius 1 is 1.63 bits per heavy atom. The summed E-state index contributed by atoms with van der Waals surface area (Å²) in [5.74, 6) is -0.588. The summed E-state index contributed by atoms with van der Waals surface area (Å²) in [6, 6.07) is 4.09. The zero-order chi connectivity index (χ0) is 13.8. The molecule has 19 heavy (non-hydrogen) atoms. The molecule has 104 valence electrons. The molecule has 0 aliphatic carbocycles. The number of benzene rings is 1. The topological polar surface area (TPSA) is 64.8 Å². The van der Waals surface area contributed by atoms with Crippen LogP contribution in [0.5, 0.6) is 5.75 Å². The Morgan fingerprint density at radius 3 is 3.11 bits per heavy atom. The summed E-state index contributed by atoms with van der Waals surface area (Å²) < 4.78 is 23.6. The Kier molecular flexibility index (Phi) is 4.34. The number of methoxy groups -OCH3 is 1. The first-order valence-electron chi connectivity index (χ1n) is 6.10. The van der Waals surface area contributed by atoms with Crippen molar-refractivity contribution in [3.8, 4) is 5.75 Å². The van der Waals surface area contributed by atoms with Gasteiger partial charge in [-0.1, -0.05) is 0 Å². The number of carbonyl (C=O) groups excluding carboxylic acids is 1. The molecule has 0 aromatic heterocycles. The third-order valence-electron chi connectivity index (χ3n) is 3.09. The van der Waals surface area contributed by atoms with E-state index in [0.717, 1.165) is 0 Å². The maximum absolute atomic E-state index is 13.3. The molecular weight excluding hydrogens is 251 g/mol. The highest BCUT2D eigenvalue weighted by atomic mass is 19.1. The Hall–Kier alpha value is -1.66. The van der Waals surface area contributed by atoms with E-state index in [1.807, 2.05) is 0 Å². The summed E-state index contributed by atoms with van der Waals surface area (Å²) in [7, 11) is 1.37. The van der Waals surface area contributed by atoms with Crippen molar-refractivity contribution in [3.63, 3.8) is 0 Å². The predicted molar refractivity (Wildman–Crippen MR) is 67.6 cm³/mol. The number of morpholine rings is 1. The molecular formula is C13H17FN2O3. The highest BCUT2D eigenvalue weighted by Crippen LogP contribution is 2.20. The van der Waals surface area contributed by atoms with Gasteiger partial charge >= 0.3 is 0 Å². The van der Waals surface area contributed by atoms with Crippen LogP contribution in [0.4, 0.5) is 4.39 Å². The Morgan fingerprint density at radius 2 is 2.42 bits per heavy atom. The number of nitrogens with two attached hydrogens (primary N) is 1. The second-order valence-corrected chi connectivity index (χ2v) is 4.33. The van der Waals surface area contributed by atoms with Crippen LogP contribution in [0.2, 0.25) is 0 Å². The monoisotopic (exact) mass is 268 g/mol. The van der Waals surface area contributed by atoms with E-state index in [9.17, 15) is 9.18 Å². The molecule has 1 fully saturated rings. The first-order valence-corrected chi connectivity index (χ1v) is 6.10. The van der Waals surface area contributed by atoms with Gasteiger partial charge in [0.25, 0.3) is 5.91 Å². The van der Waals surface area contributed by atoms with E-state index in [1.165, 1.54) is 25.3 Å². The molecule has 1 amide bonds. The smallest absolute Gasteiger partial charge is 0.254 e. The van der Waals surface area contributed by atoms with Gasteiger partial charge in [0.05, 0.1) is 19.8 Å². The van der Waals surface area contributed by atoms with Crippen molar-refractivity contribution in [2.75, 3.05) is 33.4 Å². The number of ether oxygens (including phenoxy) is 2. The lowest BCUT2D eigenvalue weighted by atomic mass is 10.1. The van der Waals surface area contributed by atoms with Crippen molar-refractivity contribution in [1.82, 2.24) is 4.90 Å². The molecule has 1 aliphatic heterocycles. The first kappa shape index (κ1) is 13.8. The summed E-state index contributed by atoms with van der Waals surface area (Å²) in [5, 5.41) is 0. The normalized spacial score (nSPS) is 19.3. The summed E-state index contributed by atoms with van der Waals surface area (Å²) >= 11 is 0. The van der Waals surface area contributed by atoms with Crippen molar-refractivity contribution in [2.24, 2.45) is 5.73 Å². The summed E-state index contributed by atoms with van der Waals surface area (Å²) in [5.41, 5.74) is 5.94. The van der Waals surface area contributed by atoms with Crippen LogP contribution in [-0.2, 0) is 4.74 Å². The van der Waals surface area contributed by atoms with Crippen LogP contribution < -0.4 is 10.5 Å². The van der Waals surface area contributed by atoms with Crippen molar-refractivity contribution < 1.29 is 18.7 Å². The third kappa shape index (κ3) is 3.02. The number of halogens is 1. The molecule has 2 N–H and O–H groups in total. The number of hydrogen-bond acceptors (Lipinski definition) is 4. The van der Waals surface area contributed by atoms with Gasteiger partial charge in [-0.3, -0.25) is 4.79 Å². The second-order valence-electron chi connectivity index (χ2n) is 4.33. The lowest BCUT2D eigenvalue weighted by Crippen LogP contribution is -2.48. The van der Waals surface area contributed by atoms with E-state index in [4.69, 9.17) is 15.2 Å². The maximum Gasteiger partial charge on any atom is 0.254 e. The predicted octanol–water partition coefficient (Wildman–Crippen LogP) is 0.634. The van der Waals surface area contributed by atoms with Gasteiger partial charge in [-0.05, 0) is 18.2 Å². The number of carbonyl (C=O) groups is 1. The van der Waals surface area contributed by atoms with Crippen LogP contribution in [0, 0.1) is 5.82 Å². The van der Waals surface area contributed by atoms with Crippen LogP contribution in [-0.4, -0.2) is 50.3 Å². The van der Waals surface area contributed by atoms with Crippen molar-refractivity contribution >= 4 is 5.91 Å². The Balaban J connectivity index is 2.14. The van der Waals surface area contributed by atoms with Crippen molar-refractivity contribution in [3.05, 3.63) is 29.6 Å². The van der Waals surface area contributed by atoms with Gasteiger partial charge < -0.3 is 20.1 Å². The highest BCUT2D eigenvalue weighted by molar-refractivity contribution is 5.94. The van der Waals surface area contributed by atoms with Crippen LogP contribution in [0.3, 0.4) is 0 Å². The van der Waals surface area contributed by atoms with Crippen molar-refractivity contribution in [2.45, 2.75) is 6.10 Å². The molecule has 2 rings (SSSR count). The van der Waals surface area contributed by atoms with Gasteiger partial charge in [0.2, 0.25) is 0 Å². The second kappa shape index (κ2) is 5.99. The summed E-state index contributed by atoms with van der Waals surface area (Å²) in [4.78, 5) is 14.0. The number of amides is 1. The Bertz CT molecular complexity index is 467. The molecule has 1 aromatic carbocycles. The fourth-order valence-electron chi connectivity index (χ4n) is 2.02. The molecule has 1 aromatic rings. The molecule has 0 saturated carbocycles. The molecule has 0 spiro atoms. The SMILES string of the molecule is COc1cc(C(=O)N2CCOC(CN)C2)ccc1F. The zero-order valence-corrected chi connectivity index (χ0v) is 10.8. The number of nitrogens with zero attached hydrogens (tertiary/aromatic N) is 1. The van der Waals surface area contributed by atoms with Gasteiger partial charge in [0.1, 0.15) is 0 Å². The third-order valence-corrected chi connectivity index (χ3v) is 3.09.